The van der Waals surface area contributed by atoms with E-state index in [0.29, 0.717) is 13.2 Å². The Bertz CT molecular complexity index is 607. The predicted octanol–water partition coefficient (Wildman–Crippen LogP) is 1.79. The largest absolute Gasteiger partial charge is 0.392 e. The molecule has 0 aliphatic heterocycles. The zero-order valence-electron chi connectivity index (χ0n) is 12.3. The molecule has 2 amide bonds. The number of ether oxygens (including phenoxy) is 1. The lowest BCUT2D eigenvalue weighted by Gasteiger charge is -2.08. The summed E-state index contributed by atoms with van der Waals surface area (Å²) in [6.07, 6.45) is 1.32. The number of rotatable bonds is 6. The van der Waals surface area contributed by atoms with Crippen LogP contribution in [0.4, 0.5) is 10.5 Å². The van der Waals surface area contributed by atoms with Gasteiger partial charge in [-0.1, -0.05) is 18.2 Å². The van der Waals surface area contributed by atoms with Gasteiger partial charge in [0.05, 0.1) is 23.9 Å². The van der Waals surface area contributed by atoms with Crippen LogP contribution >= 0.6 is 0 Å². The van der Waals surface area contributed by atoms with Gasteiger partial charge >= 0.3 is 6.03 Å². The van der Waals surface area contributed by atoms with E-state index in [1.165, 1.54) is 0 Å². The number of hydrogen-bond acceptors (Lipinski definition) is 3. The van der Waals surface area contributed by atoms with E-state index in [0.717, 1.165) is 16.6 Å². The van der Waals surface area contributed by atoms with Gasteiger partial charge < -0.3 is 25.0 Å². The van der Waals surface area contributed by atoms with Gasteiger partial charge in [-0.3, -0.25) is 0 Å². The van der Waals surface area contributed by atoms with Crippen molar-refractivity contribution in [3.05, 3.63) is 30.5 Å². The number of methoxy groups -OCH3 is 1. The number of benzene rings is 1. The molecule has 0 aliphatic rings. The summed E-state index contributed by atoms with van der Waals surface area (Å²) in [6, 6.07) is 7.53. The first-order chi connectivity index (χ1) is 10.1. The molecular formula is C15H21N3O3. The molecule has 1 atom stereocenters. The molecule has 0 saturated heterocycles. The van der Waals surface area contributed by atoms with Gasteiger partial charge in [0.1, 0.15) is 0 Å². The number of aliphatic hydroxyl groups excluding tert-OH is 1. The van der Waals surface area contributed by atoms with E-state index < -0.39 is 6.10 Å². The van der Waals surface area contributed by atoms with Crippen molar-refractivity contribution in [1.82, 2.24) is 9.88 Å². The molecule has 0 spiro atoms. The van der Waals surface area contributed by atoms with Gasteiger partial charge in [0.25, 0.3) is 0 Å². The zero-order valence-corrected chi connectivity index (χ0v) is 12.3. The van der Waals surface area contributed by atoms with Crippen molar-refractivity contribution >= 4 is 22.6 Å². The van der Waals surface area contributed by atoms with Gasteiger partial charge in [0.2, 0.25) is 0 Å². The van der Waals surface area contributed by atoms with Gasteiger partial charge in [0, 0.05) is 31.8 Å². The minimum atomic E-state index is -0.571. The summed E-state index contributed by atoms with van der Waals surface area (Å²) >= 11 is 0. The highest BCUT2D eigenvalue weighted by Gasteiger charge is 2.10. The summed E-state index contributed by atoms with van der Waals surface area (Å²) in [5, 5.41) is 15.6. The van der Waals surface area contributed by atoms with Crippen molar-refractivity contribution < 1.29 is 14.6 Å². The Labute approximate surface area is 123 Å². The van der Waals surface area contributed by atoms with Crippen molar-refractivity contribution in [2.45, 2.75) is 19.6 Å². The van der Waals surface area contributed by atoms with Crippen LogP contribution in [0, 0.1) is 0 Å². The SMILES string of the molecule is COCCn1cc(NC(=O)NCC(C)O)c2ccccc21. The molecule has 21 heavy (non-hydrogen) atoms. The maximum absolute atomic E-state index is 11.8. The van der Waals surface area contributed by atoms with Gasteiger partial charge in [-0.05, 0) is 13.0 Å². The number of carbonyl (C=O) groups excluding carboxylic acids is 1. The summed E-state index contributed by atoms with van der Waals surface area (Å²) in [5.41, 5.74) is 1.78. The van der Waals surface area contributed by atoms with Crippen LogP contribution in [0.3, 0.4) is 0 Å². The van der Waals surface area contributed by atoms with E-state index in [4.69, 9.17) is 4.74 Å². The number of carbonyl (C=O) groups is 1. The normalized spacial score (nSPS) is 12.3. The molecule has 2 aromatic rings. The summed E-state index contributed by atoms with van der Waals surface area (Å²) < 4.78 is 7.15. The molecule has 6 heteroatoms. The molecule has 114 valence electrons. The van der Waals surface area contributed by atoms with E-state index in [-0.39, 0.29) is 12.6 Å². The second kappa shape index (κ2) is 7.10. The van der Waals surface area contributed by atoms with Crippen molar-refractivity contribution in [2.75, 3.05) is 25.6 Å². The van der Waals surface area contributed by atoms with Crippen molar-refractivity contribution in [2.24, 2.45) is 0 Å². The quantitative estimate of drug-likeness (QED) is 0.759. The number of hydrogen-bond donors (Lipinski definition) is 3. The molecule has 0 fully saturated rings. The van der Waals surface area contributed by atoms with E-state index in [1.54, 1.807) is 14.0 Å². The van der Waals surface area contributed by atoms with Gasteiger partial charge in [-0.15, -0.1) is 0 Å². The second-order valence-corrected chi connectivity index (χ2v) is 4.93. The zero-order chi connectivity index (χ0) is 15.2. The van der Waals surface area contributed by atoms with Crippen molar-refractivity contribution in [3.8, 4) is 0 Å². The van der Waals surface area contributed by atoms with Crippen LogP contribution in [0.5, 0.6) is 0 Å². The van der Waals surface area contributed by atoms with Crippen molar-refractivity contribution in [3.63, 3.8) is 0 Å². The summed E-state index contributed by atoms with van der Waals surface area (Å²) in [4.78, 5) is 11.8. The van der Waals surface area contributed by atoms with Crippen LogP contribution in [-0.2, 0) is 11.3 Å². The molecule has 3 N–H and O–H groups in total. The lowest BCUT2D eigenvalue weighted by molar-refractivity contribution is 0.188. The number of fused-ring (bicyclic) bond motifs is 1. The molecule has 1 unspecified atom stereocenters. The number of nitrogens with one attached hydrogen (secondary N) is 2. The monoisotopic (exact) mass is 291 g/mol. The van der Waals surface area contributed by atoms with Crippen molar-refractivity contribution in [1.29, 1.82) is 0 Å². The molecule has 0 aliphatic carbocycles. The Morgan fingerprint density at radius 3 is 2.90 bits per heavy atom. The van der Waals surface area contributed by atoms with Crippen LogP contribution in [-0.4, -0.2) is 42.1 Å². The number of urea groups is 1. The summed E-state index contributed by atoms with van der Waals surface area (Å²) in [6.45, 7) is 3.16. The fraction of sp³-hybridized carbons (Fsp3) is 0.400. The molecule has 1 heterocycles. The molecule has 1 aromatic carbocycles. The molecule has 6 nitrogen and oxygen atoms in total. The fourth-order valence-electron chi connectivity index (χ4n) is 2.13. The number of anilines is 1. The van der Waals surface area contributed by atoms with Gasteiger partial charge in [-0.25, -0.2) is 4.79 Å². The summed E-state index contributed by atoms with van der Waals surface area (Å²) in [7, 11) is 1.66. The highest BCUT2D eigenvalue weighted by atomic mass is 16.5. The number of aliphatic hydroxyl groups is 1. The maximum atomic E-state index is 11.8. The third-order valence-electron chi connectivity index (χ3n) is 3.13. The highest BCUT2D eigenvalue weighted by Crippen LogP contribution is 2.25. The highest BCUT2D eigenvalue weighted by molar-refractivity contribution is 6.01. The average Bonchev–Trinajstić information content (AvgIpc) is 2.81. The Morgan fingerprint density at radius 2 is 2.19 bits per heavy atom. The van der Waals surface area contributed by atoms with Gasteiger partial charge in [-0.2, -0.15) is 0 Å². The van der Waals surface area contributed by atoms with E-state index in [2.05, 4.69) is 10.6 Å². The average molecular weight is 291 g/mol. The van der Waals surface area contributed by atoms with Crippen LogP contribution in [0.25, 0.3) is 10.9 Å². The van der Waals surface area contributed by atoms with Crippen LogP contribution in [0.1, 0.15) is 6.92 Å². The maximum Gasteiger partial charge on any atom is 0.319 e. The Balaban J connectivity index is 2.17. The lowest BCUT2D eigenvalue weighted by Crippen LogP contribution is -2.34. The first-order valence-corrected chi connectivity index (χ1v) is 6.91. The van der Waals surface area contributed by atoms with E-state index in [9.17, 15) is 9.90 Å². The van der Waals surface area contributed by atoms with Crippen LogP contribution in [0.15, 0.2) is 30.5 Å². The number of amides is 2. The van der Waals surface area contributed by atoms with E-state index >= 15 is 0 Å². The van der Waals surface area contributed by atoms with Crippen LogP contribution < -0.4 is 10.6 Å². The Kier molecular flexibility index (Phi) is 5.19. The first kappa shape index (κ1) is 15.3. The third kappa shape index (κ3) is 3.96. The molecule has 2 rings (SSSR count). The second-order valence-electron chi connectivity index (χ2n) is 4.93. The predicted molar refractivity (Wildman–Crippen MR) is 82.5 cm³/mol. The smallest absolute Gasteiger partial charge is 0.319 e. The molecule has 1 aromatic heterocycles. The standard InChI is InChI=1S/C15H21N3O3/c1-11(19)9-16-15(20)17-13-10-18(7-8-21-2)14-6-4-3-5-12(13)14/h3-6,10-11,19H,7-9H2,1-2H3,(H2,16,17,20). The minimum Gasteiger partial charge on any atom is -0.392 e. The number of nitrogens with zero attached hydrogens (tertiary/aromatic N) is 1. The molecule has 0 bridgehead atoms. The molecule has 0 radical (unpaired) electrons. The Morgan fingerprint density at radius 1 is 1.43 bits per heavy atom. The Hall–Kier alpha value is -2.05. The minimum absolute atomic E-state index is 0.216. The van der Waals surface area contributed by atoms with Gasteiger partial charge in [0.15, 0.2) is 0 Å². The van der Waals surface area contributed by atoms with Crippen LogP contribution in [0.2, 0.25) is 0 Å². The number of para-hydroxylation sites is 1. The van der Waals surface area contributed by atoms with E-state index in [1.807, 2.05) is 35.0 Å². The third-order valence-corrected chi connectivity index (χ3v) is 3.13. The molecule has 0 saturated carbocycles. The fourth-order valence-corrected chi connectivity index (χ4v) is 2.13. The summed E-state index contributed by atoms with van der Waals surface area (Å²) in [5.74, 6) is 0. The molecular weight excluding hydrogens is 270 g/mol. The topological polar surface area (TPSA) is 75.5 Å². The lowest BCUT2D eigenvalue weighted by atomic mass is 10.2. The first-order valence-electron chi connectivity index (χ1n) is 6.91. The number of aromatic nitrogens is 1.